The molecule has 1 atom stereocenters. The lowest BCUT2D eigenvalue weighted by molar-refractivity contribution is -0.120. The predicted octanol–water partition coefficient (Wildman–Crippen LogP) is 2.73. The fraction of sp³-hybridized carbons (Fsp3) is 0.444. The zero-order valence-electron chi connectivity index (χ0n) is 23.2. The molecule has 15 heteroatoms. The summed E-state index contributed by atoms with van der Waals surface area (Å²) in [5, 5.41) is 4.15. The first-order valence-electron chi connectivity index (χ1n) is 13.3. The second-order valence-corrected chi connectivity index (χ2v) is 15.8. The van der Waals surface area contributed by atoms with E-state index in [1.807, 2.05) is 12.1 Å². The van der Waals surface area contributed by atoms with Gasteiger partial charge in [-0.15, -0.1) is 0 Å². The molecule has 1 aromatic carbocycles. The summed E-state index contributed by atoms with van der Waals surface area (Å²) >= 11 is 1.49. The highest BCUT2D eigenvalue weighted by Crippen LogP contribution is 2.37. The fourth-order valence-electron chi connectivity index (χ4n) is 4.53. The molecule has 2 N–H and O–H groups in total. The first-order valence-corrected chi connectivity index (χ1v) is 18.2. The van der Waals surface area contributed by atoms with Crippen LogP contribution in [0.5, 0.6) is 17.2 Å². The lowest BCUT2D eigenvalue weighted by Crippen LogP contribution is -2.31. The van der Waals surface area contributed by atoms with Gasteiger partial charge in [-0.25, -0.2) is 21.8 Å². The number of rotatable bonds is 11. The molecule has 4 heterocycles. The van der Waals surface area contributed by atoms with Crippen LogP contribution in [-0.2, 0) is 29.2 Å². The van der Waals surface area contributed by atoms with Crippen LogP contribution in [0.2, 0.25) is 0 Å². The van der Waals surface area contributed by atoms with Gasteiger partial charge in [-0.3, -0.25) is 9.79 Å². The Balaban J connectivity index is 1.33. The lowest BCUT2D eigenvalue weighted by Gasteiger charge is -2.24. The molecule has 0 spiro atoms. The molecule has 42 heavy (non-hydrogen) atoms. The molecule has 1 amide bonds. The van der Waals surface area contributed by atoms with E-state index in [1.54, 1.807) is 12.1 Å². The van der Waals surface area contributed by atoms with Gasteiger partial charge in [0.15, 0.2) is 14.9 Å². The molecule has 5 rings (SSSR count). The monoisotopic (exact) mass is 636 g/mol. The highest BCUT2D eigenvalue weighted by Gasteiger charge is 2.26. The SMILES string of the molecule is CS(=O)(=O)CCNC(=O)CC1CN=C(c2cc3cc(Oc4ccc(S(C)(=O)=O)nc4)cc(OC4CCOCC4)c3[nH]2)S1. The Bertz CT molecular complexity index is 1700. The van der Waals surface area contributed by atoms with Crippen LogP contribution in [0.15, 0.2) is 46.5 Å². The van der Waals surface area contributed by atoms with Crippen LogP contribution < -0.4 is 14.8 Å². The first kappa shape index (κ1) is 30.3. The van der Waals surface area contributed by atoms with E-state index in [0.717, 1.165) is 47.0 Å². The van der Waals surface area contributed by atoms with E-state index >= 15 is 0 Å². The molecule has 3 aromatic rings. The van der Waals surface area contributed by atoms with Crippen LogP contribution in [0.25, 0.3) is 10.9 Å². The number of nitrogens with one attached hydrogen (secondary N) is 2. The molecule has 2 aliphatic rings. The quantitative estimate of drug-likeness (QED) is 0.320. The Morgan fingerprint density at radius 3 is 2.60 bits per heavy atom. The number of H-pyrrole nitrogens is 1. The number of aromatic nitrogens is 2. The average molecular weight is 637 g/mol. The summed E-state index contributed by atoms with van der Waals surface area (Å²) in [6, 6.07) is 8.54. The van der Waals surface area contributed by atoms with Crippen LogP contribution in [0.4, 0.5) is 0 Å². The second kappa shape index (κ2) is 12.6. The number of fused-ring (bicyclic) bond motifs is 1. The standard InChI is InChI=1S/C27H32N4O8S3/c1-41(33,34)10-7-28-24(32)14-21-16-30-27(40-21)22-12-17-11-20(38-19-3-4-25(29-15-19)42(2,35)36)13-23(26(17)31-22)39-18-5-8-37-9-6-18/h3-4,11-13,15,18,21,31H,5-10,14,16H2,1-2H3,(H,28,32). The van der Waals surface area contributed by atoms with Crippen molar-refractivity contribution in [2.24, 2.45) is 4.99 Å². The Morgan fingerprint density at radius 2 is 1.90 bits per heavy atom. The molecule has 12 nitrogen and oxygen atoms in total. The number of hydrogen-bond acceptors (Lipinski definition) is 11. The molecule has 1 saturated heterocycles. The molecule has 226 valence electrons. The van der Waals surface area contributed by atoms with E-state index in [0.29, 0.717) is 37.0 Å². The number of aliphatic imine (C=N–C) groups is 1. The third-order valence-corrected chi connectivity index (χ3v) is 9.78. The maximum atomic E-state index is 12.3. The minimum atomic E-state index is -3.43. The van der Waals surface area contributed by atoms with Gasteiger partial charge in [0.25, 0.3) is 0 Å². The van der Waals surface area contributed by atoms with E-state index < -0.39 is 19.7 Å². The van der Waals surface area contributed by atoms with Crippen molar-refractivity contribution in [1.82, 2.24) is 15.3 Å². The van der Waals surface area contributed by atoms with Gasteiger partial charge in [-0.2, -0.15) is 0 Å². The minimum Gasteiger partial charge on any atom is -0.488 e. The summed E-state index contributed by atoms with van der Waals surface area (Å²) in [6.07, 6.45) is 5.31. The largest absolute Gasteiger partial charge is 0.488 e. The predicted molar refractivity (Wildman–Crippen MR) is 160 cm³/mol. The van der Waals surface area contributed by atoms with Crippen molar-refractivity contribution >= 4 is 53.3 Å². The van der Waals surface area contributed by atoms with Crippen molar-refractivity contribution in [1.29, 1.82) is 0 Å². The number of benzene rings is 1. The molecule has 0 aliphatic carbocycles. The number of amides is 1. The summed E-state index contributed by atoms with van der Waals surface area (Å²) in [6.45, 7) is 1.79. The Morgan fingerprint density at radius 1 is 1.12 bits per heavy atom. The molecule has 2 aliphatic heterocycles. The van der Waals surface area contributed by atoms with Crippen molar-refractivity contribution in [3.8, 4) is 17.2 Å². The number of pyridine rings is 1. The van der Waals surface area contributed by atoms with Crippen LogP contribution >= 0.6 is 11.8 Å². The minimum absolute atomic E-state index is 0.0246. The van der Waals surface area contributed by atoms with E-state index in [-0.39, 0.29) is 41.0 Å². The van der Waals surface area contributed by atoms with Crippen LogP contribution in [0, 0.1) is 0 Å². The molecule has 0 radical (unpaired) electrons. The van der Waals surface area contributed by atoms with Crippen molar-refractivity contribution in [2.75, 3.05) is 44.6 Å². The Kier molecular flexibility index (Phi) is 9.11. The van der Waals surface area contributed by atoms with E-state index in [4.69, 9.17) is 14.2 Å². The van der Waals surface area contributed by atoms with Gasteiger partial charge in [0.2, 0.25) is 5.91 Å². The molecular weight excluding hydrogens is 605 g/mol. The summed E-state index contributed by atoms with van der Waals surface area (Å²) in [5.41, 5.74) is 1.56. The summed E-state index contributed by atoms with van der Waals surface area (Å²) in [7, 11) is -6.57. The average Bonchev–Trinajstić information content (AvgIpc) is 3.56. The van der Waals surface area contributed by atoms with Gasteiger partial charge in [0.05, 0.1) is 42.9 Å². The van der Waals surface area contributed by atoms with Crippen molar-refractivity contribution in [3.63, 3.8) is 0 Å². The van der Waals surface area contributed by atoms with E-state index in [2.05, 4.69) is 20.3 Å². The number of sulfone groups is 2. The van der Waals surface area contributed by atoms with Crippen molar-refractivity contribution in [2.45, 2.75) is 35.6 Å². The van der Waals surface area contributed by atoms with Crippen LogP contribution in [0.1, 0.15) is 25.0 Å². The van der Waals surface area contributed by atoms with Gasteiger partial charge in [-0.05, 0) is 24.3 Å². The highest BCUT2D eigenvalue weighted by molar-refractivity contribution is 8.15. The Hall–Kier alpha value is -3.14. The van der Waals surface area contributed by atoms with E-state index in [9.17, 15) is 21.6 Å². The Labute approximate surface area is 248 Å². The zero-order valence-corrected chi connectivity index (χ0v) is 25.6. The maximum absolute atomic E-state index is 12.3. The lowest BCUT2D eigenvalue weighted by atomic mass is 10.1. The number of thioether (sulfide) groups is 1. The van der Waals surface area contributed by atoms with Gasteiger partial charge < -0.3 is 24.5 Å². The van der Waals surface area contributed by atoms with Gasteiger partial charge in [0.1, 0.15) is 38.2 Å². The van der Waals surface area contributed by atoms with Crippen molar-refractivity contribution in [3.05, 3.63) is 42.2 Å². The molecular formula is C27H32N4O8S3. The van der Waals surface area contributed by atoms with Gasteiger partial charge in [0, 0.05) is 55.0 Å². The first-order chi connectivity index (χ1) is 19.9. The molecule has 1 unspecified atom stereocenters. The van der Waals surface area contributed by atoms with Crippen molar-refractivity contribution < 1.29 is 35.8 Å². The molecule has 0 saturated carbocycles. The maximum Gasteiger partial charge on any atom is 0.221 e. The molecule has 2 aromatic heterocycles. The second-order valence-electron chi connectivity index (χ2n) is 10.3. The number of nitrogens with zero attached hydrogens (tertiary/aromatic N) is 2. The highest BCUT2D eigenvalue weighted by atomic mass is 32.2. The number of aromatic amines is 1. The summed E-state index contributed by atoms with van der Waals surface area (Å²) in [4.78, 5) is 24.4. The molecule has 0 bridgehead atoms. The number of carbonyl (C=O) groups excluding carboxylic acids is 1. The van der Waals surface area contributed by atoms with Gasteiger partial charge >= 0.3 is 0 Å². The van der Waals surface area contributed by atoms with E-state index in [1.165, 1.54) is 24.0 Å². The number of ether oxygens (including phenoxy) is 3. The summed E-state index contributed by atoms with van der Waals surface area (Å²) < 4.78 is 64.0. The third kappa shape index (κ3) is 8.02. The normalized spacial score (nSPS) is 18.1. The van der Waals surface area contributed by atoms with Gasteiger partial charge in [-0.1, -0.05) is 11.8 Å². The number of hydrogen-bond donors (Lipinski definition) is 2. The molecule has 1 fully saturated rings. The summed E-state index contributed by atoms with van der Waals surface area (Å²) in [5.74, 6) is 1.17. The smallest absolute Gasteiger partial charge is 0.221 e. The topological polar surface area (TPSA) is 166 Å². The number of carbonyl (C=O) groups is 1. The fourth-order valence-corrected chi connectivity index (χ4v) is 6.65. The third-order valence-electron chi connectivity index (χ3n) is 6.61. The zero-order chi connectivity index (χ0) is 29.9. The van der Waals surface area contributed by atoms with Crippen LogP contribution in [-0.4, -0.2) is 93.7 Å². The van der Waals surface area contributed by atoms with Crippen LogP contribution in [0.3, 0.4) is 0 Å².